The molecular formula is C28H31Cl3N4O4. The minimum absolute atomic E-state index is 0.0529. The summed E-state index contributed by atoms with van der Waals surface area (Å²) >= 11 is 18.8. The third-order valence-electron chi connectivity index (χ3n) is 6.88. The van der Waals surface area contributed by atoms with Crippen LogP contribution in [0, 0.1) is 0 Å². The minimum atomic E-state index is -0.824. The van der Waals surface area contributed by atoms with Crippen LogP contribution in [0.1, 0.15) is 42.2 Å². The molecule has 8 nitrogen and oxygen atoms in total. The summed E-state index contributed by atoms with van der Waals surface area (Å²) < 4.78 is 5.45. The second kappa shape index (κ2) is 13.0. The summed E-state index contributed by atoms with van der Waals surface area (Å²) in [5.74, 6) is -0.579. The molecule has 1 N–H and O–H groups in total. The fraction of sp³-hybridized carbons (Fsp3) is 0.393. The molecule has 4 rings (SSSR count). The Hall–Kier alpha value is -2.78. The molecular weight excluding hydrogens is 563 g/mol. The molecule has 2 aliphatic heterocycles. The highest BCUT2D eigenvalue weighted by Gasteiger charge is 2.39. The largest absolute Gasteiger partial charge is 0.463 e. The van der Waals surface area contributed by atoms with Crippen molar-refractivity contribution in [2.75, 3.05) is 45.9 Å². The average Bonchev–Trinajstić information content (AvgIpc) is 3.16. The van der Waals surface area contributed by atoms with Gasteiger partial charge in [-0.05, 0) is 56.2 Å². The van der Waals surface area contributed by atoms with E-state index in [0.717, 1.165) is 6.42 Å². The summed E-state index contributed by atoms with van der Waals surface area (Å²) in [6, 6.07) is 10.8. The van der Waals surface area contributed by atoms with Gasteiger partial charge in [-0.1, -0.05) is 46.9 Å². The number of benzene rings is 2. The number of nitrogens with one attached hydrogen (secondary N) is 1. The van der Waals surface area contributed by atoms with Crippen LogP contribution >= 0.6 is 34.8 Å². The number of carbonyl (C=O) groups is 3. The monoisotopic (exact) mass is 592 g/mol. The smallest absolute Gasteiger partial charge is 0.338 e. The Bertz CT molecular complexity index is 1270. The van der Waals surface area contributed by atoms with Gasteiger partial charge in [0.1, 0.15) is 0 Å². The van der Waals surface area contributed by atoms with Gasteiger partial charge in [0.05, 0.1) is 28.3 Å². The molecule has 0 radical (unpaired) electrons. The lowest BCUT2D eigenvalue weighted by Gasteiger charge is -2.38. The lowest BCUT2D eigenvalue weighted by Crippen LogP contribution is -2.51. The molecule has 2 heterocycles. The van der Waals surface area contributed by atoms with Crippen LogP contribution in [0.15, 0.2) is 53.7 Å². The van der Waals surface area contributed by atoms with Crippen LogP contribution in [0.5, 0.6) is 0 Å². The second-order valence-corrected chi connectivity index (χ2v) is 10.5. The summed E-state index contributed by atoms with van der Waals surface area (Å²) in [5, 5.41) is 4.09. The van der Waals surface area contributed by atoms with Crippen molar-refractivity contribution in [1.82, 2.24) is 20.0 Å². The number of ether oxygens (including phenoxy) is 1. The van der Waals surface area contributed by atoms with E-state index in [-0.39, 0.29) is 23.6 Å². The first-order valence-corrected chi connectivity index (χ1v) is 14.1. The van der Waals surface area contributed by atoms with E-state index in [0.29, 0.717) is 71.7 Å². The maximum Gasteiger partial charge on any atom is 0.338 e. The molecule has 2 aromatic rings. The number of hydrogen-bond acceptors (Lipinski definition) is 5. The molecule has 2 aliphatic rings. The lowest BCUT2D eigenvalue weighted by molar-refractivity contribution is -0.139. The molecule has 2 aromatic carbocycles. The van der Waals surface area contributed by atoms with E-state index in [1.807, 2.05) is 11.8 Å². The van der Waals surface area contributed by atoms with Crippen LogP contribution in [-0.2, 0) is 9.53 Å². The van der Waals surface area contributed by atoms with Gasteiger partial charge in [-0.3, -0.25) is 14.6 Å². The fourth-order valence-electron chi connectivity index (χ4n) is 4.95. The molecule has 1 unspecified atom stereocenters. The third kappa shape index (κ3) is 6.52. The number of urea groups is 1. The topological polar surface area (TPSA) is 82.2 Å². The Labute approximate surface area is 243 Å². The number of halogens is 3. The minimum Gasteiger partial charge on any atom is -0.463 e. The van der Waals surface area contributed by atoms with Crippen molar-refractivity contribution in [2.24, 2.45) is 0 Å². The van der Waals surface area contributed by atoms with Gasteiger partial charge in [0.2, 0.25) is 0 Å². The average molecular weight is 594 g/mol. The second-order valence-electron chi connectivity index (χ2n) is 9.28. The number of amides is 3. The van der Waals surface area contributed by atoms with E-state index in [1.54, 1.807) is 54.3 Å². The molecule has 11 heteroatoms. The number of rotatable bonds is 7. The maximum atomic E-state index is 13.4. The van der Waals surface area contributed by atoms with Crippen LogP contribution in [0.2, 0.25) is 15.1 Å². The van der Waals surface area contributed by atoms with Crippen molar-refractivity contribution < 1.29 is 19.1 Å². The van der Waals surface area contributed by atoms with Gasteiger partial charge in [-0.25, -0.2) is 9.59 Å². The predicted molar refractivity (Wildman–Crippen MR) is 152 cm³/mol. The van der Waals surface area contributed by atoms with Crippen LogP contribution in [0.25, 0.3) is 0 Å². The van der Waals surface area contributed by atoms with Gasteiger partial charge < -0.3 is 15.0 Å². The summed E-state index contributed by atoms with van der Waals surface area (Å²) in [4.78, 5) is 45.2. The number of carbonyl (C=O) groups excluding carboxylic acids is 3. The zero-order chi connectivity index (χ0) is 28.1. The molecule has 0 aliphatic carbocycles. The summed E-state index contributed by atoms with van der Waals surface area (Å²) in [5.41, 5.74) is 1.98. The molecule has 0 spiro atoms. The number of likely N-dealkylation sites (N-methyl/N-ethyl adjacent to an activating group) is 1. The summed E-state index contributed by atoms with van der Waals surface area (Å²) in [6.07, 6.45) is 0.739. The van der Waals surface area contributed by atoms with Gasteiger partial charge in [0.25, 0.3) is 5.91 Å². The van der Waals surface area contributed by atoms with Gasteiger partial charge in [-0.15, -0.1) is 0 Å². The number of esters is 1. The van der Waals surface area contributed by atoms with Gasteiger partial charge in [-0.2, -0.15) is 0 Å². The Kier molecular flexibility index (Phi) is 9.77. The molecule has 3 amide bonds. The van der Waals surface area contributed by atoms with Gasteiger partial charge in [0.15, 0.2) is 0 Å². The molecule has 208 valence electrons. The van der Waals surface area contributed by atoms with Crippen molar-refractivity contribution in [1.29, 1.82) is 0 Å². The summed E-state index contributed by atoms with van der Waals surface area (Å²) in [7, 11) is 0. The highest BCUT2D eigenvalue weighted by Crippen LogP contribution is 2.38. The molecule has 1 fully saturated rings. The van der Waals surface area contributed by atoms with E-state index in [9.17, 15) is 14.4 Å². The first kappa shape index (κ1) is 29.2. The lowest BCUT2D eigenvalue weighted by atomic mass is 9.94. The first-order valence-electron chi connectivity index (χ1n) is 12.9. The van der Waals surface area contributed by atoms with Crippen molar-refractivity contribution in [3.63, 3.8) is 0 Å². The zero-order valence-corrected chi connectivity index (χ0v) is 24.2. The maximum absolute atomic E-state index is 13.4. The van der Waals surface area contributed by atoms with Crippen molar-refractivity contribution in [3.05, 3.63) is 79.9 Å². The Balaban J connectivity index is 1.64. The van der Waals surface area contributed by atoms with Crippen LogP contribution in [0.4, 0.5) is 4.79 Å². The zero-order valence-electron chi connectivity index (χ0n) is 21.9. The Morgan fingerprint density at radius 3 is 2.44 bits per heavy atom. The third-order valence-corrected chi connectivity index (χ3v) is 7.97. The van der Waals surface area contributed by atoms with E-state index in [2.05, 4.69) is 10.2 Å². The molecule has 1 atom stereocenters. The van der Waals surface area contributed by atoms with E-state index in [4.69, 9.17) is 39.5 Å². The number of hydrogen-bond donors (Lipinski definition) is 1. The van der Waals surface area contributed by atoms with Crippen LogP contribution in [-0.4, -0.2) is 78.5 Å². The van der Waals surface area contributed by atoms with Crippen LogP contribution < -0.4 is 5.32 Å². The highest BCUT2D eigenvalue weighted by atomic mass is 35.5. The van der Waals surface area contributed by atoms with Crippen LogP contribution in [0.3, 0.4) is 0 Å². The highest BCUT2D eigenvalue weighted by molar-refractivity contribution is 6.42. The van der Waals surface area contributed by atoms with Crippen molar-refractivity contribution >= 4 is 52.7 Å². The standard InChI is InChI=1S/C28H31Cl3N4O4/c1-3-35-22(17-33-13-6-14-34(16-15-33)26(36)18-9-11-19(29)12-10-18)23(27(37)39-4-2)25(32-28(35)38)20-7-5-8-21(30)24(20)31/h5,7-12,25H,3-4,6,13-17H2,1-2H3,(H,32,38). The molecule has 0 aromatic heterocycles. The predicted octanol–water partition coefficient (Wildman–Crippen LogP) is 5.40. The Morgan fingerprint density at radius 1 is 1.00 bits per heavy atom. The van der Waals surface area contributed by atoms with Crippen molar-refractivity contribution in [3.8, 4) is 0 Å². The molecule has 0 saturated carbocycles. The fourth-order valence-corrected chi connectivity index (χ4v) is 5.50. The van der Waals surface area contributed by atoms with Crippen molar-refractivity contribution in [2.45, 2.75) is 26.3 Å². The molecule has 39 heavy (non-hydrogen) atoms. The first-order chi connectivity index (χ1) is 18.7. The Morgan fingerprint density at radius 2 is 1.74 bits per heavy atom. The number of nitrogens with zero attached hydrogens (tertiary/aromatic N) is 3. The summed E-state index contributed by atoms with van der Waals surface area (Å²) in [6.45, 7) is 6.81. The van der Waals surface area contributed by atoms with E-state index < -0.39 is 12.0 Å². The SMILES string of the molecule is CCOC(=O)C1=C(CN2CCCN(C(=O)c3ccc(Cl)cc3)CC2)N(CC)C(=O)NC1c1cccc(Cl)c1Cl. The normalized spacial score (nSPS) is 18.6. The molecule has 0 bridgehead atoms. The molecule has 1 saturated heterocycles. The van der Waals surface area contributed by atoms with E-state index >= 15 is 0 Å². The van der Waals surface area contributed by atoms with E-state index in [1.165, 1.54) is 0 Å². The van der Waals surface area contributed by atoms with Gasteiger partial charge >= 0.3 is 12.0 Å². The quantitative estimate of drug-likeness (QED) is 0.435. The van der Waals surface area contributed by atoms with Gasteiger partial charge in [0, 0.05) is 55.6 Å².